The van der Waals surface area contributed by atoms with Crippen molar-refractivity contribution in [3.05, 3.63) is 75.8 Å². The van der Waals surface area contributed by atoms with E-state index in [0.29, 0.717) is 5.56 Å². The monoisotopic (exact) mass is 327 g/mol. The summed E-state index contributed by atoms with van der Waals surface area (Å²) in [5.74, 6) is 0.230. The third-order valence-electron chi connectivity index (χ3n) is 3.10. The molecule has 6 nitrogen and oxygen atoms in total. The van der Waals surface area contributed by atoms with Gasteiger partial charge < -0.3 is 9.47 Å². The van der Waals surface area contributed by atoms with Crippen LogP contribution in [0.25, 0.3) is 6.08 Å². The summed E-state index contributed by atoms with van der Waals surface area (Å²) in [5, 5.41) is 10.5. The predicted octanol–water partition coefficient (Wildman–Crippen LogP) is 3.54. The summed E-state index contributed by atoms with van der Waals surface area (Å²) in [6.45, 7) is 2.37. The highest BCUT2D eigenvalue weighted by atomic mass is 16.6. The van der Waals surface area contributed by atoms with Gasteiger partial charge in [0.05, 0.1) is 4.92 Å². The third kappa shape index (κ3) is 5.57. The lowest BCUT2D eigenvalue weighted by atomic mass is 10.2. The number of nitrogens with zero attached hydrogens (tertiary/aromatic N) is 1. The molecule has 124 valence electrons. The van der Waals surface area contributed by atoms with Crippen molar-refractivity contribution in [1.29, 1.82) is 0 Å². The van der Waals surface area contributed by atoms with Gasteiger partial charge in [0.25, 0.3) is 5.69 Å². The molecule has 0 aliphatic carbocycles. The van der Waals surface area contributed by atoms with Crippen LogP contribution in [0.15, 0.2) is 54.6 Å². The number of nitro benzene ring substituents is 1. The summed E-state index contributed by atoms with van der Waals surface area (Å²) in [6, 6.07) is 13.5. The largest absolute Gasteiger partial charge is 0.490 e. The van der Waals surface area contributed by atoms with Gasteiger partial charge in [-0.15, -0.1) is 0 Å². The first kappa shape index (κ1) is 17.2. The van der Waals surface area contributed by atoms with E-state index >= 15 is 0 Å². The minimum Gasteiger partial charge on any atom is -0.490 e. The lowest BCUT2D eigenvalue weighted by Gasteiger charge is -2.06. The van der Waals surface area contributed by atoms with Crippen LogP contribution in [-0.2, 0) is 9.53 Å². The molecule has 0 aliphatic rings. The van der Waals surface area contributed by atoms with E-state index in [1.54, 1.807) is 12.1 Å². The molecule has 0 heterocycles. The molecule has 0 saturated heterocycles. The maximum absolute atomic E-state index is 11.6. The first-order chi connectivity index (χ1) is 11.5. The van der Waals surface area contributed by atoms with Gasteiger partial charge in [-0.3, -0.25) is 10.1 Å². The number of carbonyl (C=O) groups excluding carboxylic acids is 1. The Labute approximate surface area is 139 Å². The molecule has 2 aromatic rings. The molecule has 0 spiro atoms. The minimum absolute atomic E-state index is 0.00280. The van der Waals surface area contributed by atoms with E-state index < -0.39 is 10.9 Å². The minimum atomic E-state index is -0.499. The highest BCUT2D eigenvalue weighted by molar-refractivity contribution is 5.87. The molecule has 0 saturated carbocycles. The van der Waals surface area contributed by atoms with Crippen LogP contribution in [0.3, 0.4) is 0 Å². The molecule has 0 fully saturated rings. The lowest BCUT2D eigenvalue weighted by molar-refractivity contribution is -0.384. The first-order valence-electron chi connectivity index (χ1n) is 7.33. The van der Waals surface area contributed by atoms with Gasteiger partial charge in [-0.25, -0.2) is 4.79 Å². The average molecular weight is 327 g/mol. The van der Waals surface area contributed by atoms with Crippen molar-refractivity contribution >= 4 is 17.7 Å². The number of aryl methyl sites for hydroxylation is 1. The normalized spacial score (nSPS) is 10.5. The predicted molar refractivity (Wildman–Crippen MR) is 89.8 cm³/mol. The quantitative estimate of drug-likeness (QED) is 0.255. The smallest absolute Gasteiger partial charge is 0.330 e. The number of carbonyl (C=O) groups is 1. The Morgan fingerprint density at radius 3 is 2.58 bits per heavy atom. The molecule has 2 aromatic carbocycles. The van der Waals surface area contributed by atoms with Crippen molar-refractivity contribution in [2.45, 2.75) is 6.92 Å². The molecular formula is C18H17NO5. The molecule has 6 heteroatoms. The van der Waals surface area contributed by atoms with Crippen molar-refractivity contribution in [2.24, 2.45) is 0 Å². The fraction of sp³-hybridized carbons (Fsp3) is 0.167. The Hall–Kier alpha value is -3.15. The molecule has 0 atom stereocenters. The van der Waals surface area contributed by atoms with E-state index in [9.17, 15) is 14.9 Å². The van der Waals surface area contributed by atoms with Gasteiger partial charge in [0.2, 0.25) is 0 Å². The van der Waals surface area contributed by atoms with E-state index in [4.69, 9.17) is 9.47 Å². The molecule has 0 aromatic heterocycles. The van der Waals surface area contributed by atoms with Crippen molar-refractivity contribution in [2.75, 3.05) is 13.2 Å². The van der Waals surface area contributed by atoms with Gasteiger partial charge in [0, 0.05) is 18.2 Å². The molecular weight excluding hydrogens is 310 g/mol. The summed E-state index contributed by atoms with van der Waals surface area (Å²) in [7, 11) is 0. The summed E-state index contributed by atoms with van der Waals surface area (Å²) in [4.78, 5) is 21.7. The number of ether oxygens (including phenoxy) is 2. The molecule has 0 aliphatic heterocycles. The Bertz CT molecular complexity index is 737. The van der Waals surface area contributed by atoms with Gasteiger partial charge in [0.15, 0.2) is 0 Å². The van der Waals surface area contributed by atoms with E-state index in [0.717, 1.165) is 11.3 Å². The second-order valence-electron chi connectivity index (χ2n) is 5.01. The zero-order chi connectivity index (χ0) is 17.4. The van der Waals surface area contributed by atoms with Gasteiger partial charge in [-0.1, -0.05) is 12.1 Å². The molecule has 2 rings (SSSR count). The molecule has 0 radical (unpaired) electrons. The second-order valence-corrected chi connectivity index (χ2v) is 5.01. The molecule has 0 bridgehead atoms. The fourth-order valence-electron chi connectivity index (χ4n) is 1.93. The highest BCUT2D eigenvalue weighted by Gasteiger charge is 2.03. The number of benzene rings is 2. The van der Waals surface area contributed by atoms with Crippen LogP contribution in [0.5, 0.6) is 5.75 Å². The number of hydrogen-bond acceptors (Lipinski definition) is 5. The Morgan fingerprint density at radius 1 is 1.17 bits per heavy atom. The second kappa shape index (κ2) is 8.47. The Balaban J connectivity index is 1.73. The molecule has 0 N–H and O–H groups in total. The van der Waals surface area contributed by atoms with Crippen LogP contribution < -0.4 is 4.74 Å². The van der Waals surface area contributed by atoms with Crippen LogP contribution in [0.4, 0.5) is 5.69 Å². The van der Waals surface area contributed by atoms with Crippen LogP contribution >= 0.6 is 0 Å². The van der Waals surface area contributed by atoms with E-state index in [1.807, 2.05) is 31.2 Å². The maximum Gasteiger partial charge on any atom is 0.330 e. The van der Waals surface area contributed by atoms with Crippen LogP contribution in [0.1, 0.15) is 11.1 Å². The standard InChI is InChI=1S/C18H17NO5/c1-14-3-2-4-17(13-14)23-11-12-24-18(20)10-7-15-5-8-16(9-6-15)19(21)22/h2-10,13H,11-12H2,1H3/b10-7+. The van der Waals surface area contributed by atoms with Crippen molar-refractivity contribution in [1.82, 2.24) is 0 Å². The SMILES string of the molecule is Cc1cccc(OCCOC(=O)/C=C/c2ccc([N+](=O)[O-])cc2)c1. The number of esters is 1. The lowest BCUT2D eigenvalue weighted by Crippen LogP contribution is -2.10. The zero-order valence-electron chi connectivity index (χ0n) is 13.2. The number of hydrogen-bond donors (Lipinski definition) is 0. The zero-order valence-corrected chi connectivity index (χ0v) is 13.2. The Morgan fingerprint density at radius 2 is 1.92 bits per heavy atom. The molecule has 0 unspecified atom stereocenters. The van der Waals surface area contributed by atoms with E-state index in [1.165, 1.54) is 24.3 Å². The van der Waals surface area contributed by atoms with Crippen LogP contribution in [0, 0.1) is 17.0 Å². The third-order valence-corrected chi connectivity index (χ3v) is 3.10. The van der Waals surface area contributed by atoms with E-state index in [-0.39, 0.29) is 18.9 Å². The molecule has 24 heavy (non-hydrogen) atoms. The fourth-order valence-corrected chi connectivity index (χ4v) is 1.93. The van der Waals surface area contributed by atoms with Crippen molar-refractivity contribution in [3.8, 4) is 5.75 Å². The highest BCUT2D eigenvalue weighted by Crippen LogP contribution is 2.13. The van der Waals surface area contributed by atoms with E-state index in [2.05, 4.69) is 0 Å². The first-order valence-corrected chi connectivity index (χ1v) is 7.33. The Kier molecular flexibility index (Phi) is 6.08. The topological polar surface area (TPSA) is 78.7 Å². The molecule has 0 amide bonds. The van der Waals surface area contributed by atoms with Crippen molar-refractivity contribution in [3.63, 3.8) is 0 Å². The number of nitro groups is 1. The maximum atomic E-state index is 11.6. The van der Waals surface area contributed by atoms with Crippen molar-refractivity contribution < 1.29 is 19.2 Å². The number of non-ortho nitro benzene ring substituents is 1. The summed E-state index contributed by atoms with van der Waals surface area (Å²) >= 11 is 0. The van der Waals surface area contributed by atoms with Crippen LogP contribution in [-0.4, -0.2) is 24.1 Å². The summed E-state index contributed by atoms with van der Waals surface area (Å²) in [5.41, 5.74) is 1.77. The summed E-state index contributed by atoms with van der Waals surface area (Å²) < 4.78 is 10.5. The number of rotatable bonds is 7. The van der Waals surface area contributed by atoms with Gasteiger partial charge >= 0.3 is 5.97 Å². The van der Waals surface area contributed by atoms with Crippen LogP contribution in [0.2, 0.25) is 0 Å². The average Bonchev–Trinajstić information content (AvgIpc) is 2.57. The van der Waals surface area contributed by atoms with Gasteiger partial charge in [-0.05, 0) is 48.4 Å². The van der Waals surface area contributed by atoms with Gasteiger partial charge in [-0.2, -0.15) is 0 Å². The summed E-state index contributed by atoms with van der Waals surface area (Å²) in [6.07, 6.45) is 2.81. The van der Waals surface area contributed by atoms with Gasteiger partial charge in [0.1, 0.15) is 19.0 Å².